The number of carbonyl (C=O) groups is 2. The van der Waals surface area contributed by atoms with Gasteiger partial charge in [0, 0.05) is 48.4 Å². The normalized spacial score (nSPS) is 13.8. The molecular weight excluding hydrogens is 506 g/mol. The number of nitrogens with zero attached hydrogens (tertiary/aromatic N) is 4. The fourth-order valence-corrected chi connectivity index (χ4v) is 4.55. The van der Waals surface area contributed by atoms with Crippen LogP contribution >= 0.6 is 27.7 Å². The Kier molecular flexibility index (Phi) is 7.66. The zero-order chi connectivity index (χ0) is 23.2. The number of amides is 2. The van der Waals surface area contributed by atoms with Crippen LogP contribution in [0.2, 0.25) is 0 Å². The average molecular weight is 530 g/mol. The molecule has 10 heteroatoms. The van der Waals surface area contributed by atoms with Crippen molar-refractivity contribution in [2.45, 2.75) is 18.6 Å². The first-order chi connectivity index (χ1) is 16.0. The lowest BCUT2D eigenvalue weighted by Crippen LogP contribution is -2.48. The molecule has 1 fully saturated rings. The lowest BCUT2D eigenvalue weighted by molar-refractivity contribution is -0.131. The Bertz CT molecular complexity index is 1110. The third-order valence-corrected chi connectivity index (χ3v) is 6.80. The number of anilines is 2. The summed E-state index contributed by atoms with van der Waals surface area (Å²) < 4.78 is 6.53. The van der Waals surface area contributed by atoms with Gasteiger partial charge < -0.3 is 19.5 Å². The smallest absolute Gasteiger partial charge is 0.277 e. The molecule has 0 atom stereocenters. The molecule has 172 valence electrons. The Hall–Kier alpha value is -2.85. The van der Waals surface area contributed by atoms with Crippen molar-refractivity contribution in [1.29, 1.82) is 0 Å². The van der Waals surface area contributed by atoms with Crippen LogP contribution in [0.4, 0.5) is 11.4 Å². The summed E-state index contributed by atoms with van der Waals surface area (Å²) >= 11 is 4.66. The van der Waals surface area contributed by atoms with Crippen LogP contribution in [0, 0.1) is 0 Å². The lowest BCUT2D eigenvalue weighted by atomic mass is 10.2. The van der Waals surface area contributed by atoms with E-state index < -0.39 is 0 Å². The highest BCUT2D eigenvalue weighted by Gasteiger charge is 2.20. The molecule has 0 spiro atoms. The maximum Gasteiger partial charge on any atom is 0.277 e. The molecule has 1 aliphatic rings. The van der Waals surface area contributed by atoms with E-state index in [1.165, 1.54) is 11.8 Å². The Balaban J connectivity index is 1.26. The van der Waals surface area contributed by atoms with E-state index in [4.69, 9.17) is 4.42 Å². The van der Waals surface area contributed by atoms with Crippen LogP contribution in [0.15, 0.2) is 62.6 Å². The van der Waals surface area contributed by atoms with Crippen LogP contribution in [0.1, 0.15) is 13.3 Å². The van der Waals surface area contributed by atoms with Crippen molar-refractivity contribution in [3.63, 3.8) is 0 Å². The van der Waals surface area contributed by atoms with Gasteiger partial charge in [-0.15, -0.1) is 10.2 Å². The molecular formula is C23H24BrN5O3S. The van der Waals surface area contributed by atoms with Gasteiger partial charge in [0.05, 0.1) is 11.3 Å². The predicted molar refractivity (Wildman–Crippen MR) is 132 cm³/mol. The average Bonchev–Trinajstić information content (AvgIpc) is 3.32. The van der Waals surface area contributed by atoms with Gasteiger partial charge in [-0.25, -0.2) is 0 Å². The molecule has 33 heavy (non-hydrogen) atoms. The summed E-state index contributed by atoms with van der Waals surface area (Å²) in [5.41, 5.74) is 2.61. The number of hydrogen-bond acceptors (Lipinski definition) is 7. The van der Waals surface area contributed by atoms with E-state index in [1.807, 2.05) is 60.4 Å². The van der Waals surface area contributed by atoms with Gasteiger partial charge in [0.25, 0.3) is 5.22 Å². The van der Waals surface area contributed by atoms with Crippen LogP contribution in [0.25, 0.3) is 11.5 Å². The minimum Gasteiger partial charge on any atom is -0.411 e. The van der Waals surface area contributed by atoms with E-state index in [-0.39, 0.29) is 17.6 Å². The summed E-state index contributed by atoms with van der Waals surface area (Å²) in [4.78, 5) is 28.3. The van der Waals surface area contributed by atoms with Gasteiger partial charge in [-0.05, 0) is 52.3 Å². The van der Waals surface area contributed by atoms with Crippen LogP contribution in [0.5, 0.6) is 0 Å². The van der Waals surface area contributed by atoms with Gasteiger partial charge in [0.2, 0.25) is 17.7 Å². The minimum atomic E-state index is -0.153. The fraction of sp³-hybridized carbons (Fsp3) is 0.304. The molecule has 0 bridgehead atoms. The molecule has 0 saturated carbocycles. The second-order valence-corrected chi connectivity index (χ2v) is 9.24. The first-order valence-electron chi connectivity index (χ1n) is 10.7. The number of carbonyl (C=O) groups excluding carboxylic acids is 2. The summed E-state index contributed by atoms with van der Waals surface area (Å²) in [6.07, 6.45) is 0.547. The van der Waals surface area contributed by atoms with Crippen molar-refractivity contribution < 1.29 is 14.0 Å². The molecule has 1 saturated heterocycles. The van der Waals surface area contributed by atoms with Gasteiger partial charge in [-0.1, -0.05) is 30.8 Å². The second-order valence-electron chi connectivity index (χ2n) is 7.46. The van der Waals surface area contributed by atoms with Crippen molar-refractivity contribution in [2.75, 3.05) is 42.1 Å². The fourth-order valence-electron chi connectivity index (χ4n) is 3.53. The van der Waals surface area contributed by atoms with Gasteiger partial charge in [0.15, 0.2) is 0 Å². The van der Waals surface area contributed by atoms with E-state index in [1.54, 1.807) is 0 Å². The third kappa shape index (κ3) is 5.94. The standard InChI is InChI=1S/C23H24BrN5O3S/c1-2-21(31)29-13-11-28(12-14-29)17-9-7-16(8-10-17)25-20(30)15-33-23-27-26-22(32-23)18-5-3-4-6-19(18)24/h3-10H,2,11-15H2,1H3,(H,25,30). The van der Waals surface area contributed by atoms with Crippen LogP contribution in [-0.2, 0) is 9.59 Å². The van der Waals surface area contributed by atoms with Crippen molar-refractivity contribution in [3.8, 4) is 11.5 Å². The number of rotatable bonds is 7. The van der Waals surface area contributed by atoms with Crippen LogP contribution in [-0.4, -0.2) is 58.8 Å². The summed E-state index contributed by atoms with van der Waals surface area (Å²) in [7, 11) is 0. The predicted octanol–water partition coefficient (Wildman–Crippen LogP) is 4.29. The van der Waals surface area contributed by atoms with Gasteiger partial charge in [-0.2, -0.15) is 0 Å². The zero-order valence-corrected chi connectivity index (χ0v) is 20.6. The monoisotopic (exact) mass is 529 g/mol. The molecule has 1 aromatic heterocycles. The van der Waals surface area contributed by atoms with Crippen molar-refractivity contribution in [1.82, 2.24) is 15.1 Å². The highest BCUT2D eigenvalue weighted by molar-refractivity contribution is 9.10. The van der Waals surface area contributed by atoms with Crippen molar-refractivity contribution in [3.05, 3.63) is 53.0 Å². The van der Waals surface area contributed by atoms with E-state index in [2.05, 4.69) is 36.3 Å². The first kappa shape index (κ1) is 23.3. The van der Waals surface area contributed by atoms with E-state index >= 15 is 0 Å². The highest BCUT2D eigenvalue weighted by Crippen LogP contribution is 2.29. The number of aromatic nitrogens is 2. The molecule has 1 N–H and O–H groups in total. The number of nitrogens with one attached hydrogen (secondary N) is 1. The molecule has 2 heterocycles. The molecule has 0 unspecified atom stereocenters. The lowest BCUT2D eigenvalue weighted by Gasteiger charge is -2.36. The molecule has 4 rings (SSSR count). The maximum absolute atomic E-state index is 12.4. The SMILES string of the molecule is CCC(=O)N1CCN(c2ccc(NC(=O)CSc3nnc(-c4ccccc4Br)o3)cc2)CC1. The summed E-state index contributed by atoms with van der Waals surface area (Å²) in [6, 6.07) is 15.3. The van der Waals surface area contributed by atoms with E-state index in [9.17, 15) is 9.59 Å². The molecule has 0 aliphatic carbocycles. The second kappa shape index (κ2) is 10.8. The number of halogens is 1. The highest BCUT2D eigenvalue weighted by atomic mass is 79.9. The Morgan fingerprint density at radius 2 is 1.79 bits per heavy atom. The number of hydrogen-bond donors (Lipinski definition) is 1. The third-order valence-electron chi connectivity index (χ3n) is 5.29. The summed E-state index contributed by atoms with van der Waals surface area (Å²) in [5.74, 6) is 0.614. The molecule has 3 aromatic rings. The van der Waals surface area contributed by atoms with E-state index in [0.717, 1.165) is 47.6 Å². The first-order valence-corrected chi connectivity index (χ1v) is 12.4. The topological polar surface area (TPSA) is 91.6 Å². The van der Waals surface area contributed by atoms with Gasteiger partial charge in [0.1, 0.15) is 0 Å². The summed E-state index contributed by atoms with van der Waals surface area (Å²) in [6.45, 7) is 4.98. The Morgan fingerprint density at radius 3 is 2.48 bits per heavy atom. The minimum absolute atomic E-state index is 0.153. The molecule has 0 radical (unpaired) electrons. The van der Waals surface area contributed by atoms with Crippen molar-refractivity contribution >= 4 is 50.9 Å². The zero-order valence-electron chi connectivity index (χ0n) is 18.2. The van der Waals surface area contributed by atoms with Crippen LogP contribution < -0.4 is 10.2 Å². The molecule has 8 nitrogen and oxygen atoms in total. The Morgan fingerprint density at radius 1 is 1.06 bits per heavy atom. The molecule has 2 amide bonds. The molecule has 2 aromatic carbocycles. The number of thioether (sulfide) groups is 1. The largest absolute Gasteiger partial charge is 0.411 e. The maximum atomic E-state index is 12.4. The number of piperazine rings is 1. The number of benzene rings is 2. The molecule has 1 aliphatic heterocycles. The van der Waals surface area contributed by atoms with E-state index in [0.29, 0.717) is 17.5 Å². The van der Waals surface area contributed by atoms with Crippen LogP contribution in [0.3, 0.4) is 0 Å². The quantitative estimate of drug-likeness (QED) is 0.456. The summed E-state index contributed by atoms with van der Waals surface area (Å²) in [5, 5.41) is 11.3. The van der Waals surface area contributed by atoms with Gasteiger partial charge in [-0.3, -0.25) is 9.59 Å². The van der Waals surface area contributed by atoms with Crippen molar-refractivity contribution in [2.24, 2.45) is 0 Å². The van der Waals surface area contributed by atoms with Gasteiger partial charge >= 0.3 is 0 Å². The Labute approximate surface area is 204 Å².